The fourth-order valence-corrected chi connectivity index (χ4v) is 4.33. The Bertz CT molecular complexity index is 1080. The van der Waals surface area contributed by atoms with Crippen molar-refractivity contribution in [1.82, 2.24) is 29.9 Å². The molecule has 156 valence electrons. The van der Waals surface area contributed by atoms with Gasteiger partial charge in [0.25, 0.3) is 0 Å². The van der Waals surface area contributed by atoms with Crippen LogP contribution in [0.25, 0.3) is 17.2 Å². The lowest BCUT2D eigenvalue weighted by Crippen LogP contribution is -2.34. The zero-order valence-corrected chi connectivity index (χ0v) is 17.3. The van der Waals surface area contributed by atoms with Gasteiger partial charge >= 0.3 is 0 Å². The summed E-state index contributed by atoms with van der Waals surface area (Å²) in [6.45, 7) is 5.54. The Balaban J connectivity index is 1.50. The van der Waals surface area contributed by atoms with Crippen LogP contribution in [-0.2, 0) is 17.6 Å². The molecule has 0 spiro atoms. The number of aromatic nitrogens is 5. The highest BCUT2D eigenvalue weighted by Crippen LogP contribution is 2.32. The molecule has 4 heterocycles. The second-order valence-corrected chi connectivity index (χ2v) is 8.37. The number of hydrogen-bond acceptors (Lipinski definition) is 5. The molecule has 5 rings (SSSR count). The van der Waals surface area contributed by atoms with Gasteiger partial charge in [-0.1, -0.05) is 6.07 Å². The lowest BCUT2D eigenvalue weighted by molar-refractivity contribution is -0.123. The second-order valence-electron chi connectivity index (χ2n) is 8.37. The lowest BCUT2D eigenvalue weighted by Gasteiger charge is -2.22. The first-order valence-corrected chi connectivity index (χ1v) is 10.6. The Hall–Kier alpha value is -3.16. The maximum atomic E-state index is 11.7. The molecule has 1 saturated heterocycles. The van der Waals surface area contributed by atoms with Crippen molar-refractivity contribution in [3.05, 3.63) is 41.9 Å². The number of ether oxygens (including phenoxy) is 1. The quantitative estimate of drug-likeness (QED) is 0.720. The van der Waals surface area contributed by atoms with E-state index in [-0.39, 0.29) is 11.9 Å². The van der Waals surface area contributed by atoms with Gasteiger partial charge in [0.2, 0.25) is 5.91 Å². The smallest absolute Gasteiger partial charge is 0.220 e. The Morgan fingerprint density at radius 3 is 3.03 bits per heavy atom. The van der Waals surface area contributed by atoms with Crippen LogP contribution >= 0.6 is 0 Å². The predicted octanol–water partition coefficient (Wildman–Crippen LogP) is 2.72. The summed E-state index contributed by atoms with van der Waals surface area (Å²) in [5, 5.41) is 12.1. The third kappa shape index (κ3) is 3.46. The number of amides is 1. The molecule has 2 aliphatic rings. The van der Waals surface area contributed by atoms with Crippen molar-refractivity contribution < 1.29 is 9.53 Å². The molecule has 1 fully saturated rings. The summed E-state index contributed by atoms with van der Waals surface area (Å²) in [7, 11) is 0. The van der Waals surface area contributed by atoms with E-state index in [1.54, 1.807) is 6.33 Å². The van der Waals surface area contributed by atoms with Crippen LogP contribution in [-0.4, -0.2) is 43.6 Å². The third-order valence-corrected chi connectivity index (χ3v) is 5.81. The first-order chi connectivity index (χ1) is 14.6. The minimum absolute atomic E-state index is 0.151. The highest BCUT2D eigenvalue weighted by atomic mass is 16.5. The average Bonchev–Trinajstić information content (AvgIpc) is 3.33. The van der Waals surface area contributed by atoms with Crippen molar-refractivity contribution in [2.24, 2.45) is 5.92 Å². The minimum atomic E-state index is 0.151. The Morgan fingerprint density at radius 2 is 2.20 bits per heavy atom. The number of hydrogen-bond donors (Lipinski definition) is 1. The van der Waals surface area contributed by atoms with E-state index < -0.39 is 0 Å². The fraction of sp³-hybridized carbons (Fsp3) is 0.455. The topological polar surface area (TPSA) is 86.9 Å². The highest BCUT2D eigenvalue weighted by molar-refractivity contribution is 5.76. The standard InChI is InChI=1S/C22H26N6O2/c1-14(2)27-22(24-13-25-27)18-12-17-6-8-30-20-4-3-15(10-19(20)28(17)26-18)9-16-5-7-23-21(29)11-16/h3-4,10,12-14,16H,5-9,11H2,1-2H3,(H,23,29). The number of nitrogens with zero attached hydrogens (tertiary/aromatic N) is 5. The van der Waals surface area contributed by atoms with E-state index in [1.807, 2.05) is 15.4 Å². The van der Waals surface area contributed by atoms with Crippen LogP contribution < -0.4 is 10.1 Å². The van der Waals surface area contributed by atoms with Gasteiger partial charge in [0.1, 0.15) is 23.5 Å². The molecule has 2 aliphatic heterocycles. The number of benzene rings is 1. The Labute approximate surface area is 175 Å². The van der Waals surface area contributed by atoms with Gasteiger partial charge in [-0.15, -0.1) is 0 Å². The number of carbonyl (C=O) groups is 1. The summed E-state index contributed by atoms with van der Waals surface area (Å²) >= 11 is 0. The molecule has 1 unspecified atom stereocenters. The molecule has 1 N–H and O–H groups in total. The highest BCUT2D eigenvalue weighted by Gasteiger charge is 2.23. The SMILES string of the molecule is CC(C)n1ncnc1-c1cc2n(n1)-c1cc(CC3CCNC(=O)C3)ccc1OCC2. The summed E-state index contributed by atoms with van der Waals surface area (Å²) in [4.78, 5) is 16.2. The van der Waals surface area contributed by atoms with Crippen molar-refractivity contribution in [1.29, 1.82) is 0 Å². The van der Waals surface area contributed by atoms with Gasteiger partial charge in [-0.25, -0.2) is 14.3 Å². The van der Waals surface area contributed by atoms with E-state index in [2.05, 4.69) is 47.4 Å². The van der Waals surface area contributed by atoms with Crippen LogP contribution in [0.1, 0.15) is 44.0 Å². The molecule has 0 saturated carbocycles. The zero-order valence-electron chi connectivity index (χ0n) is 17.3. The molecule has 3 aromatic rings. The first kappa shape index (κ1) is 18.8. The zero-order chi connectivity index (χ0) is 20.7. The van der Waals surface area contributed by atoms with E-state index in [1.165, 1.54) is 5.56 Å². The van der Waals surface area contributed by atoms with E-state index in [9.17, 15) is 4.79 Å². The number of piperidine rings is 1. The van der Waals surface area contributed by atoms with Gasteiger partial charge in [0.05, 0.1) is 6.61 Å². The second kappa shape index (κ2) is 7.59. The van der Waals surface area contributed by atoms with Gasteiger partial charge in [-0.2, -0.15) is 10.2 Å². The normalized spacial score (nSPS) is 18.4. The number of rotatable bonds is 4. The van der Waals surface area contributed by atoms with Crippen LogP contribution in [0.5, 0.6) is 5.75 Å². The van der Waals surface area contributed by atoms with Crippen molar-refractivity contribution >= 4 is 5.91 Å². The maximum absolute atomic E-state index is 11.7. The maximum Gasteiger partial charge on any atom is 0.220 e. The largest absolute Gasteiger partial charge is 0.491 e. The molecule has 2 aromatic heterocycles. The van der Waals surface area contributed by atoms with Crippen molar-refractivity contribution in [3.63, 3.8) is 0 Å². The molecule has 0 radical (unpaired) electrons. The lowest BCUT2D eigenvalue weighted by atomic mass is 9.90. The third-order valence-electron chi connectivity index (χ3n) is 5.81. The molecule has 30 heavy (non-hydrogen) atoms. The summed E-state index contributed by atoms with van der Waals surface area (Å²) in [6, 6.07) is 8.58. The van der Waals surface area contributed by atoms with Crippen LogP contribution in [0, 0.1) is 5.92 Å². The molecule has 1 atom stereocenters. The number of carbonyl (C=O) groups excluding carboxylic acids is 1. The van der Waals surface area contributed by atoms with Crippen LogP contribution in [0.15, 0.2) is 30.6 Å². The molecule has 8 heteroatoms. The molecule has 8 nitrogen and oxygen atoms in total. The molecular formula is C22H26N6O2. The molecular weight excluding hydrogens is 380 g/mol. The monoisotopic (exact) mass is 406 g/mol. The summed E-state index contributed by atoms with van der Waals surface area (Å²) < 4.78 is 9.86. The molecule has 1 amide bonds. The van der Waals surface area contributed by atoms with Gasteiger partial charge in [-0.05, 0) is 56.4 Å². The number of nitrogens with one attached hydrogen (secondary N) is 1. The molecule has 0 aliphatic carbocycles. The van der Waals surface area contributed by atoms with Crippen LogP contribution in [0.4, 0.5) is 0 Å². The van der Waals surface area contributed by atoms with E-state index in [4.69, 9.17) is 9.84 Å². The summed E-state index contributed by atoms with van der Waals surface area (Å²) in [5.74, 6) is 2.13. The van der Waals surface area contributed by atoms with E-state index in [0.717, 1.165) is 54.5 Å². The van der Waals surface area contributed by atoms with E-state index >= 15 is 0 Å². The van der Waals surface area contributed by atoms with Gasteiger partial charge in [0, 0.05) is 31.1 Å². The Kier molecular flexibility index (Phi) is 4.77. The van der Waals surface area contributed by atoms with Crippen LogP contribution in [0.2, 0.25) is 0 Å². The van der Waals surface area contributed by atoms with Gasteiger partial charge in [0.15, 0.2) is 5.82 Å². The molecule has 1 aromatic carbocycles. The van der Waals surface area contributed by atoms with Crippen molar-refractivity contribution in [2.75, 3.05) is 13.2 Å². The predicted molar refractivity (Wildman–Crippen MR) is 112 cm³/mol. The van der Waals surface area contributed by atoms with Gasteiger partial charge < -0.3 is 10.1 Å². The minimum Gasteiger partial charge on any atom is -0.491 e. The van der Waals surface area contributed by atoms with E-state index in [0.29, 0.717) is 18.9 Å². The average molecular weight is 406 g/mol. The van der Waals surface area contributed by atoms with Gasteiger partial charge in [-0.3, -0.25) is 4.79 Å². The summed E-state index contributed by atoms with van der Waals surface area (Å²) in [5.41, 5.74) is 4.06. The van der Waals surface area contributed by atoms with Crippen molar-refractivity contribution in [3.8, 4) is 23.0 Å². The summed E-state index contributed by atoms with van der Waals surface area (Å²) in [6.07, 6.45) is 4.84. The first-order valence-electron chi connectivity index (χ1n) is 10.6. The van der Waals surface area contributed by atoms with Crippen LogP contribution in [0.3, 0.4) is 0 Å². The molecule has 0 bridgehead atoms. The fourth-order valence-electron chi connectivity index (χ4n) is 4.33. The van der Waals surface area contributed by atoms with Crippen molar-refractivity contribution in [2.45, 2.75) is 45.6 Å². The Morgan fingerprint density at radius 1 is 1.30 bits per heavy atom. The number of fused-ring (bicyclic) bond motifs is 3.